The number of nitro groups is 1. The van der Waals surface area contributed by atoms with Crippen molar-refractivity contribution in [2.45, 2.75) is 32.2 Å². The minimum absolute atomic E-state index is 0.0775. The lowest BCUT2D eigenvalue weighted by Gasteiger charge is -2.35. The van der Waals surface area contributed by atoms with E-state index < -0.39 is 10.8 Å². The normalized spacial score (nSPS) is 16.7. The summed E-state index contributed by atoms with van der Waals surface area (Å²) < 4.78 is 0. The number of hydrogen-bond donors (Lipinski definition) is 1. The second kappa shape index (κ2) is 8.55. The van der Waals surface area contributed by atoms with Gasteiger partial charge < -0.3 is 10.2 Å². The molecule has 2 aromatic carbocycles. The average Bonchev–Trinajstić information content (AvgIpc) is 2.65. The largest absolute Gasteiger partial charge is 0.363 e. The predicted octanol–water partition coefficient (Wildman–Crippen LogP) is 6.19. The monoisotopic (exact) mass is 441 g/mol. The van der Waals surface area contributed by atoms with Gasteiger partial charge in [0, 0.05) is 24.2 Å². The SMILES string of the molecule is C[C@H]1CCCCN1c1cc(NC(=O)c2ccc(Cl)c(Cl)c2)c(Cl)cc1[N+](=O)[O-]. The van der Waals surface area contributed by atoms with Crippen LogP contribution in [0, 0.1) is 10.1 Å². The molecular weight excluding hydrogens is 425 g/mol. The third-order valence-corrected chi connectivity index (χ3v) is 5.86. The molecule has 0 aliphatic carbocycles. The summed E-state index contributed by atoms with van der Waals surface area (Å²) in [4.78, 5) is 25.7. The fraction of sp³-hybridized carbons (Fsp3) is 0.316. The fourth-order valence-electron chi connectivity index (χ4n) is 3.31. The van der Waals surface area contributed by atoms with Gasteiger partial charge in [-0.3, -0.25) is 14.9 Å². The van der Waals surface area contributed by atoms with Crippen LogP contribution in [0.5, 0.6) is 0 Å². The Labute approximate surface area is 177 Å². The molecule has 0 bridgehead atoms. The van der Waals surface area contributed by atoms with Gasteiger partial charge in [-0.1, -0.05) is 34.8 Å². The molecule has 148 valence electrons. The van der Waals surface area contributed by atoms with Gasteiger partial charge >= 0.3 is 0 Å². The molecule has 0 saturated carbocycles. The van der Waals surface area contributed by atoms with E-state index in [0.29, 0.717) is 28.5 Å². The molecule has 1 N–H and O–H groups in total. The molecule has 1 fully saturated rings. The first kappa shape index (κ1) is 20.7. The molecular formula is C19H18Cl3N3O3. The van der Waals surface area contributed by atoms with Crippen molar-refractivity contribution in [1.29, 1.82) is 0 Å². The zero-order chi connectivity index (χ0) is 20.4. The van der Waals surface area contributed by atoms with Crippen LogP contribution in [0.3, 0.4) is 0 Å². The number of piperidine rings is 1. The van der Waals surface area contributed by atoms with E-state index in [1.165, 1.54) is 24.3 Å². The first-order chi connectivity index (χ1) is 13.3. The van der Waals surface area contributed by atoms with Gasteiger partial charge in [0.2, 0.25) is 0 Å². The van der Waals surface area contributed by atoms with Crippen molar-refractivity contribution in [3.63, 3.8) is 0 Å². The molecule has 0 spiro atoms. The second-order valence-corrected chi connectivity index (χ2v) is 7.92. The zero-order valence-electron chi connectivity index (χ0n) is 15.0. The van der Waals surface area contributed by atoms with Gasteiger partial charge in [0.1, 0.15) is 5.69 Å². The average molecular weight is 443 g/mol. The summed E-state index contributed by atoms with van der Waals surface area (Å²) in [5.74, 6) is -0.438. The molecule has 28 heavy (non-hydrogen) atoms. The highest BCUT2D eigenvalue weighted by molar-refractivity contribution is 6.42. The van der Waals surface area contributed by atoms with Gasteiger partial charge in [-0.2, -0.15) is 0 Å². The highest BCUT2D eigenvalue weighted by Gasteiger charge is 2.27. The number of rotatable bonds is 4. The van der Waals surface area contributed by atoms with Gasteiger partial charge in [0.15, 0.2) is 0 Å². The molecule has 9 heteroatoms. The summed E-state index contributed by atoms with van der Waals surface area (Å²) in [6.07, 6.45) is 2.99. The van der Waals surface area contributed by atoms with Crippen LogP contribution in [0.15, 0.2) is 30.3 Å². The number of amides is 1. The van der Waals surface area contributed by atoms with Crippen LogP contribution < -0.4 is 10.2 Å². The second-order valence-electron chi connectivity index (χ2n) is 6.70. The molecule has 1 aliphatic heterocycles. The molecule has 2 aromatic rings. The number of benzene rings is 2. The Balaban J connectivity index is 1.96. The summed E-state index contributed by atoms with van der Waals surface area (Å²) in [5, 5.41) is 15.0. The van der Waals surface area contributed by atoms with E-state index >= 15 is 0 Å². The molecule has 1 aliphatic rings. The van der Waals surface area contributed by atoms with Gasteiger partial charge in [0.25, 0.3) is 11.6 Å². The van der Waals surface area contributed by atoms with Crippen LogP contribution in [0.4, 0.5) is 17.1 Å². The number of anilines is 2. The van der Waals surface area contributed by atoms with Crippen molar-refractivity contribution < 1.29 is 9.72 Å². The number of nitrogens with one attached hydrogen (secondary N) is 1. The van der Waals surface area contributed by atoms with Crippen molar-refractivity contribution in [3.8, 4) is 0 Å². The molecule has 0 unspecified atom stereocenters. The van der Waals surface area contributed by atoms with Crippen molar-refractivity contribution >= 4 is 57.8 Å². The van der Waals surface area contributed by atoms with Gasteiger partial charge in [0.05, 0.1) is 25.7 Å². The number of nitro benzene ring substituents is 1. The van der Waals surface area contributed by atoms with Crippen molar-refractivity contribution in [2.24, 2.45) is 0 Å². The van der Waals surface area contributed by atoms with E-state index in [0.717, 1.165) is 19.3 Å². The maximum atomic E-state index is 12.6. The van der Waals surface area contributed by atoms with Crippen LogP contribution >= 0.6 is 34.8 Å². The summed E-state index contributed by atoms with van der Waals surface area (Å²) in [5.41, 5.74) is 0.977. The van der Waals surface area contributed by atoms with Crippen LogP contribution in [-0.2, 0) is 0 Å². The molecule has 1 atom stereocenters. The minimum Gasteiger partial charge on any atom is -0.363 e. The quantitative estimate of drug-likeness (QED) is 0.453. The van der Waals surface area contributed by atoms with Gasteiger partial charge in [-0.15, -0.1) is 0 Å². The Morgan fingerprint density at radius 3 is 2.54 bits per heavy atom. The van der Waals surface area contributed by atoms with Crippen LogP contribution in [0.1, 0.15) is 36.5 Å². The van der Waals surface area contributed by atoms with Crippen LogP contribution in [-0.4, -0.2) is 23.4 Å². The lowest BCUT2D eigenvalue weighted by atomic mass is 10.0. The topological polar surface area (TPSA) is 75.5 Å². The number of halogens is 3. The predicted molar refractivity (Wildman–Crippen MR) is 113 cm³/mol. The van der Waals surface area contributed by atoms with Crippen LogP contribution in [0.2, 0.25) is 15.1 Å². The molecule has 0 aromatic heterocycles. The lowest BCUT2D eigenvalue weighted by Crippen LogP contribution is -2.37. The first-order valence-corrected chi connectivity index (χ1v) is 9.92. The zero-order valence-corrected chi connectivity index (χ0v) is 17.3. The maximum Gasteiger partial charge on any atom is 0.294 e. The van der Waals surface area contributed by atoms with Crippen LogP contribution in [0.25, 0.3) is 0 Å². The highest BCUT2D eigenvalue weighted by Crippen LogP contribution is 2.39. The smallest absolute Gasteiger partial charge is 0.294 e. The number of hydrogen-bond acceptors (Lipinski definition) is 4. The standard InChI is InChI=1S/C19H18Cl3N3O3/c1-11-4-2-3-7-24(11)17-10-16(15(22)9-18(17)25(27)28)23-19(26)12-5-6-13(20)14(21)8-12/h5-6,8-11H,2-4,7H2,1H3,(H,23,26)/t11-/m0/s1. The highest BCUT2D eigenvalue weighted by atomic mass is 35.5. The molecule has 3 rings (SSSR count). The van der Waals surface area contributed by atoms with Crippen molar-refractivity contribution in [1.82, 2.24) is 0 Å². The maximum absolute atomic E-state index is 12.6. The Kier molecular flexibility index (Phi) is 6.33. The van der Waals surface area contributed by atoms with E-state index in [1.807, 2.05) is 11.8 Å². The Morgan fingerprint density at radius 2 is 1.89 bits per heavy atom. The summed E-state index contributed by atoms with van der Waals surface area (Å²) in [6, 6.07) is 7.52. The third kappa shape index (κ3) is 4.35. The molecule has 1 saturated heterocycles. The van der Waals surface area contributed by atoms with E-state index in [9.17, 15) is 14.9 Å². The number of carbonyl (C=O) groups excluding carboxylic acids is 1. The minimum atomic E-state index is -0.451. The molecule has 1 amide bonds. The fourth-order valence-corrected chi connectivity index (χ4v) is 3.81. The third-order valence-electron chi connectivity index (χ3n) is 4.80. The summed E-state index contributed by atoms with van der Waals surface area (Å²) >= 11 is 18.1. The number of carbonyl (C=O) groups is 1. The van der Waals surface area contributed by atoms with Gasteiger partial charge in [-0.25, -0.2) is 0 Å². The number of nitrogens with zero attached hydrogens (tertiary/aromatic N) is 2. The Hall–Kier alpha value is -2.02. The Bertz CT molecular complexity index is 936. The summed E-state index contributed by atoms with van der Waals surface area (Å²) in [7, 11) is 0. The van der Waals surface area contributed by atoms with Crippen molar-refractivity contribution in [2.75, 3.05) is 16.8 Å². The van der Waals surface area contributed by atoms with E-state index in [4.69, 9.17) is 34.8 Å². The lowest BCUT2D eigenvalue weighted by molar-refractivity contribution is -0.384. The van der Waals surface area contributed by atoms with E-state index in [1.54, 1.807) is 6.07 Å². The Morgan fingerprint density at radius 1 is 1.14 bits per heavy atom. The summed E-state index contributed by atoms with van der Waals surface area (Å²) in [6.45, 7) is 2.75. The first-order valence-electron chi connectivity index (χ1n) is 8.79. The molecule has 1 heterocycles. The van der Waals surface area contributed by atoms with E-state index in [2.05, 4.69) is 5.32 Å². The van der Waals surface area contributed by atoms with Crippen molar-refractivity contribution in [3.05, 3.63) is 61.1 Å². The van der Waals surface area contributed by atoms with Gasteiger partial charge in [-0.05, 0) is 50.5 Å². The molecule has 6 nitrogen and oxygen atoms in total. The molecule has 0 radical (unpaired) electrons. The van der Waals surface area contributed by atoms with E-state index in [-0.39, 0.29) is 21.8 Å².